The lowest BCUT2D eigenvalue weighted by Gasteiger charge is -2.36. The van der Waals surface area contributed by atoms with Crippen LogP contribution in [0.3, 0.4) is 0 Å². The van der Waals surface area contributed by atoms with Crippen LogP contribution in [0.25, 0.3) is 0 Å². The van der Waals surface area contributed by atoms with Gasteiger partial charge in [-0.15, -0.1) is 0 Å². The minimum absolute atomic E-state index is 0.0317. The Kier molecular flexibility index (Phi) is 8.27. The molecule has 10 nitrogen and oxygen atoms in total. The number of nitrogens with zero attached hydrogens (tertiary/aromatic N) is 4. The second kappa shape index (κ2) is 11.4. The number of nitrogens with one attached hydrogen (secondary N) is 1. The summed E-state index contributed by atoms with van der Waals surface area (Å²) in [5.41, 5.74) is 4.33. The fraction of sp³-hybridized carbons (Fsp3) is 0.407. The second-order valence-corrected chi connectivity index (χ2v) is 11.0. The Morgan fingerprint density at radius 2 is 1.74 bits per heavy atom. The molecule has 0 saturated carbocycles. The summed E-state index contributed by atoms with van der Waals surface area (Å²) in [7, 11) is -0.884. The first-order chi connectivity index (χ1) is 18.2. The van der Waals surface area contributed by atoms with E-state index in [2.05, 4.69) is 41.3 Å². The number of piperazine rings is 1. The molecule has 1 N–H and O–H groups in total. The van der Waals surface area contributed by atoms with Crippen molar-refractivity contribution in [1.82, 2.24) is 19.4 Å². The molecule has 0 atom stereocenters. The molecule has 11 heteroatoms. The van der Waals surface area contributed by atoms with Crippen LogP contribution in [0.15, 0.2) is 47.6 Å². The van der Waals surface area contributed by atoms with E-state index in [1.54, 1.807) is 26.4 Å². The third-order valence-corrected chi connectivity index (χ3v) is 8.77. The van der Waals surface area contributed by atoms with Crippen LogP contribution in [0.5, 0.6) is 11.5 Å². The molecule has 0 unspecified atom stereocenters. The zero-order valence-corrected chi connectivity index (χ0v) is 23.3. The quantitative estimate of drug-likeness (QED) is 0.444. The van der Waals surface area contributed by atoms with Crippen LogP contribution in [0.2, 0.25) is 0 Å². The molecule has 0 aliphatic carbocycles. The van der Waals surface area contributed by atoms with Crippen molar-refractivity contribution in [3.63, 3.8) is 0 Å². The summed E-state index contributed by atoms with van der Waals surface area (Å²) in [5.74, 6) is 0.617. The summed E-state index contributed by atoms with van der Waals surface area (Å²) in [6, 6.07) is 11.5. The number of rotatable bonds is 9. The molecule has 1 aliphatic heterocycles. The molecule has 1 fully saturated rings. The van der Waals surface area contributed by atoms with Crippen LogP contribution in [0.4, 0.5) is 5.69 Å². The van der Waals surface area contributed by atoms with Gasteiger partial charge in [0, 0.05) is 51.2 Å². The summed E-state index contributed by atoms with van der Waals surface area (Å²) < 4.78 is 40.8. The van der Waals surface area contributed by atoms with Crippen LogP contribution < -0.4 is 19.7 Å². The van der Waals surface area contributed by atoms with E-state index in [0.29, 0.717) is 44.2 Å². The smallest absolute Gasteiger partial charge is 0.263 e. The van der Waals surface area contributed by atoms with E-state index in [4.69, 9.17) is 9.47 Å². The standard InChI is InChI=1S/C27H35N5O5S/c1-6-31-18-22(26(33)28-17-21-10-11-24(36-4)25(16-21)37-5)27(29-31)38(34,35)32-14-12-30(13-15-32)23-9-7-8-19(2)20(23)3/h7-11,16,18H,6,12-15,17H2,1-5H3,(H,28,33). The van der Waals surface area contributed by atoms with Crippen LogP contribution in [-0.2, 0) is 23.1 Å². The average molecular weight is 542 g/mol. The first-order valence-electron chi connectivity index (χ1n) is 12.6. The van der Waals surface area contributed by atoms with Crippen LogP contribution in [0, 0.1) is 13.8 Å². The van der Waals surface area contributed by atoms with Gasteiger partial charge >= 0.3 is 0 Å². The van der Waals surface area contributed by atoms with Gasteiger partial charge in [-0.3, -0.25) is 9.48 Å². The number of methoxy groups -OCH3 is 2. The van der Waals surface area contributed by atoms with Gasteiger partial charge in [-0.25, -0.2) is 8.42 Å². The number of anilines is 1. The van der Waals surface area contributed by atoms with Gasteiger partial charge in [0.25, 0.3) is 15.9 Å². The normalized spacial score (nSPS) is 14.4. The first kappa shape index (κ1) is 27.5. The third-order valence-electron chi connectivity index (χ3n) is 6.94. The molecule has 1 aromatic heterocycles. The molecule has 2 heterocycles. The van der Waals surface area contributed by atoms with E-state index >= 15 is 0 Å². The van der Waals surface area contributed by atoms with Gasteiger partial charge in [-0.2, -0.15) is 9.40 Å². The van der Waals surface area contributed by atoms with Crippen LogP contribution in [0.1, 0.15) is 34.0 Å². The Balaban J connectivity index is 1.50. The summed E-state index contributed by atoms with van der Waals surface area (Å²) >= 11 is 0. The van der Waals surface area contributed by atoms with Crippen molar-refractivity contribution < 1.29 is 22.7 Å². The summed E-state index contributed by atoms with van der Waals surface area (Å²) in [4.78, 5) is 15.4. The molecule has 4 rings (SSSR count). The number of hydrogen-bond acceptors (Lipinski definition) is 7. The molecule has 0 radical (unpaired) electrons. The highest BCUT2D eigenvalue weighted by molar-refractivity contribution is 7.89. The van der Waals surface area contributed by atoms with Crippen molar-refractivity contribution in [1.29, 1.82) is 0 Å². The fourth-order valence-corrected chi connectivity index (χ4v) is 6.07. The van der Waals surface area contributed by atoms with Gasteiger partial charge in [0.2, 0.25) is 5.03 Å². The van der Waals surface area contributed by atoms with E-state index in [0.717, 1.165) is 11.3 Å². The second-order valence-electron chi connectivity index (χ2n) is 9.19. The molecular formula is C27H35N5O5S. The lowest BCUT2D eigenvalue weighted by Crippen LogP contribution is -2.49. The summed E-state index contributed by atoms with van der Waals surface area (Å²) in [6.07, 6.45) is 1.49. The Labute approximate surface area is 224 Å². The van der Waals surface area contributed by atoms with Gasteiger partial charge in [-0.1, -0.05) is 18.2 Å². The van der Waals surface area contributed by atoms with Crippen molar-refractivity contribution in [3.8, 4) is 11.5 Å². The SMILES string of the molecule is CCn1cc(C(=O)NCc2ccc(OC)c(OC)c2)c(S(=O)(=O)N2CCN(c3cccc(C)c3C)CC2)n1. The first-order valence-corrected chi connectivity index (χ1v) is 14.0. The van der Waals surface area contributed by atoms with Crippen molar-refractivity contribution in [2.45, 2.75) is 38.9 Å². The molecule has 0 spiro atoms. The lowest BCUT2D eigenvalue weighted by atomic mass is 10.1. The fourth-order valence-electron chi connectivity index (χ4n) is 4.55. The molecule has 1 amide bonds. The Morgan fingerprint density at radius 3 is 2.39 bits per heavy atom. The van der Waals surface area contributed by atoms with Crippen molar-refractivity contribution in [2.24, 2.45) is 0 Å². The van der Waals surface area contributed by atoms with Gasteiger partial charge in [-0.05, 0) is 55.7 Å². The minimum atomic E-state index is -3.98. The molecule has 0 bridgehead atoms. The van der Waals surface area contributed by atoms with E-state index in [1.807, 2.05) is 19.1 Å². The number of ether oxygens (including phenoxy) is 2. The number of aromatic nitrogens is 2. The van der Waals surface area contributed by atoms with E-state index in [9.17, 15) is 13.2 Å². The Morgan fingerprint density at radius 1 is 1.03 bits per heavy atom. The largest absolute Gasteiger partial charge is 0.493 e. The molecule has 2 aromatic carbocycles. The molecule has 204 valence electrons. The van der Waals surface area contributed by atoms with Crippen LogP contribution in [-0.4, -0.2) is 68.8 Å². The number of carbonyl (C=O) groups excluding carboxylic acids is 1. The zero-order valence-electron chi connectivity index (χ0n) is 22.5. The number of amides is 1. The average Bonchev–Trinajstić information content (AvgIpc) is 3.39. The monoisotopic (exact) mass is 541 g/mol. The van der Waals surface area contributed by atoms with Gasteiger partial charge < -0.3 is 19.7 Å². The maximum atomic E-state index is 13.7. The molecule has 3 aromatic rings. The maximum absolute atomic E-state index is 13.7. The van der Waals surface area contributed by atoms with E-state index < -0.39 is 15.9 Å². The highest BCUT2D eigenvalue weighted by Crippen LogP contribution is 2.28. The molecule has 1 aliphatic rings. The van der Waals surface area contributed by atoms with Crippen molar-refractivity contribution >= 4 is 21.6 Å². The topological polar surface area (TPSA) is 106 Å². The number of aryl methyl sites for hydroxylation is 2. The molecular weight excluding hydrogens is 506 g/mol. The van der Waals surface area contributed by atoms with E-state index in [1.165, 1.54) is 26.3 Å². The van der Waals surface area contributed by atoms with E-state index in [-0.39, 0.29) is 17.1 Å². The van der Waals surface area contributed by atoms with Gasteiger partial charge in [0.15, 0.2) is 11.5 Å². The molecule has 38 heavy (non-hydrogen) atoms. The Bertz CT molecular complexity index is 1410. The lowest BCUT2D eigenvalue weighted by molar-refractivity contribution is 0.0947. The minimum Gasteiger partial charge on any atom is -0.493 e. The summed E-state index contributed by atoms with van der Waals surface area (Å²) in [5, 5.41) is 6.88. The van der Waals surface area contributed by atoms with Gasteiger partial charge in [0.05, 0.1) is 19.8 Å². The van der Waals surface area contributed by atoms with Crippen molar-refractivity contribution in [2.75, 3.05) is 45.3 Å². The predicted octanol–water partition coefficient (Wildman–Crippen LogP) is 2.98. The van der Waals surface area contributed by atoms with Gasteiger partial charge in [0.1, 0.15) is 0 Å². The zero-order chi connectivity index (χ0) is 27.4. The Hall–Kier alpha value is -3.57. The number of hydrogen-bond donors (Lipinski definition) is 1. The highest BCUT2D eigenvalue weighted by Gasteiger charge is 2.35. The number of sulfonamides is 1. The number of benzene rings is 2. The third kappa shape index (κ3) is 5.48. The summed E-state index contributed by atoms with van der Waals surface area (Å²) in [6.45, 7) is 8.34. The van der Waals surface area contributed by atoms with Crippen LogP contribution >= 0.6 is 0 Å². The molecule has 1 saturated heterocycles. The maximum Gasteiger partial charge on any atom is 0.263 e. The predicted molar refractivity (Wildman–Crippen MR) is 146 cm³/mol. The highest BCUT2D eigenvalue weighted by atomic mass is 32.2. The number of carbonyl (C=O) groups is 1. The van der Waals surface area contributed by atoms with Crippen molar-refractivity contribution in [3.05, 3.63) is 64.8 Å².